The van der Waals surface area contributed by atoms with E-state index in [-0.39, 0.29) is 0 Å². The lowest BCUT2D eigenvalue weighted by Gasteiger charge is -2.14. The van der Waals surface area contributed by atoms with Gasteiger partial charge in [0.1, 0.15) is 0 Å². The number of hydrogen-bond donors (Lipinski definition) is 0. The Morgan fingerprint density at radius 2 is 1.63 bits per heavy atom. The lowest BCUT2D eigenvalue weighted by molar-refractivity contribution is 0.405. The Kier molecular flexibility index (Phi) is 4.02. The zero-order valence-corrected chi connectivity index (χ0v) is 12.6. The first-order chi connectivity index (χ1) is 9.33. The van der Waals surface area contributed by atoms with E-state index >= 15 is 0 Å². The molecule has 0 spiro atoms. The summed E-state index contributed by atoms with van der Waals surface area (Å²) >= 11 is 3.47. The number of aromatic nitrogens is 2. The molecule has 1 aliphatic carbocycles. The Balaban J connectivity index is 1.80. The average Bonchev–Trinajstić information content (AvgIpc) is 2.76. The summed E-state index contributed by atoms with van der Waals surface area (Å²) in [4.78, 5) is 0. The highest BCUT2D eigenvalue weighted by atomic mass is 79.9. The topological polar surface area (TPSA) is 17.8 Å². The minimum Gasteiger partial charge on any atom is -0.269 e. The first-order valence-electron chi connectivity index (χ1n) is 7.13. The first-order valence-corrected chi connectivity index (χ1v) is 7.92. The SMILES string of the molecule is Brc1ccc(-c2cnn(C3CCCCCC3)c2)cc1. The number of rotatable bonds is 2. The molecule has 0 aliphatic heterocycles. The molecule has 1 aromatic carbocycles. The van der Waals surface area contributed by atoms with Crippen molar-refractivity contribution in [2.75, 3.05) is 0 Å². The quantitative estimate of drug-likeness (QED) is 0.695. The Bertz CT molecular complexity index is 522. The summed E-state index contributed by atoms with van der Waals surface area (Å²) < 4.78 is 3.30. The fraction of sp³-hybridized carbons (Fsp3) is 0.438. The number of halogens is 1. The normalized spacial score (nSPS) is 17.3. The van der Waals surface area contributed by atoms with Gasteiger partial charge >= 0.3 is 0 Å². The molecule has 2 aromatic rings. The van der Waals surface area contributed by atoms with Crippen molar-refractivity contribution in [3.05, 3.63) is 41.1 Å². The van der Waals surface area contributed by atoms with Gasteiger partial charge in [0.2, 0.25) is 0 Å². The van der Waals surface area contributed by atoms with Crippen LogP contribution in [0.3, 0.4) is 0 Å². The van der Waals surface area contributed by atoms with Crippen LogP contribution in [0.2, 0.25) is 0 Å². The van der Waals surface area contributed by atoms with E-state index in [4.69, 9.17) is 0 Å². The third kappa shape index (κ3) is 3.08. The van der Waals surface area contributed by atoms with E-state index in [0.29, 0.717) is 6.04 Å². The summed E-state index contributed by atoms with van der Waals surface area (Å²) in [5.74, 6) is 0. The van der Waals surface area contributed by atoms with Gasteiger partial charge in [-0.1, -0.05) is 53.7 Å². The largest absolute Gasteiger partial charge is 0.269 e. The van der Waals surface area contributed by atoms with E-state index in [1.165, 1.54) is 49.7 Å². The zero-order valence-electron chi connectivity index (χ0n) is 11.1. The maximum Gasteiger partial charge on any atom is 0.0568 e. The number of nitrogens with zero attached hydrogens (tertiary/aromatic N) is 2. The Morgan fingerprint density at radius 3 is 2.32 bits per heavy atom. The van der Waals surface area contributed by atoms with Gasteiger partial charge in [-0.3, -0.25) is 4.68 Å². The van der Waals surface area contributed by atoms with Crippen LogP contribution in [-0.2, 0) is 0 Å². The van der Waals surface area contributed by atoms with E-state index in [2.05, 4.69) is 56.2 Å². The summed E-state index contributed by atoms with van der Waals surface area (Å²) in [6, 6.07) is 9.04. The Labute approximate surface area is 123 Å². The van der Waals surface area contributed by atoms with Gasteiger partial charge in [-0.2, -0.15) is 5.10 Å². The van der Waals surface area contributed by atoms with Gasteiger partial charge in [0.05, 0.1) is 12.2 Å². The molecule has 1 heterocycles. The molecule has 0 unspecified atom stereocenters. The summed E-state index contributed by atoms with van der Waals surface area (Å²) in [5.41, 5.74) is 2.46. The summed E-state index contributed by atoms with van der Waals surface area (Å²) in [6.07, 6.45) is 12.2. The molecule has 3 heteroatoms. The lowest BCUT2D eigenvalue weighted by Crippen LogP contribution is -2.08. The van der Waals surface area contributed by atoms with Crippen LogP contribution in [0.4, 0.5) is 0 Å². The van der Waals surface area contributed by atoms with Crippen molar-refractivity contribution in [2.45, 2.75) is 44.6 Å². The fourth-order valence-corrected chi connectivity index (χ4v) is 3.12. The second-order valence-electron chi connectivity index (χ2n) is 5.36. The van der Waals surface area contributed by atoms with Crippen LogP contribution in [0.15, 0.2) is 41.1 Å². The van der Waals surface area contributed by atoms with E-state index in [9.17, 15) is 0 Å². The van der Waals surface area contributed by atoms with Crippen molar-refractivity contribution < 1.29 is 0 Å². The zero-order chi connectivity index (χ0) is 13.1. The summed E-state index contributed by atoms with van der Waals surface area (Å²) in [6.45, 7) is 0. The van der Waals surface area contributed by atoms with Gasteiger partial charge in [-0.05, 0) is 30.5 Å². The number of hydrogen-bond acceptors (Lipinski definition) is 1. The standard InChI is InChI=1S/C16H19BrN2/c17-15-9-7-13(8-10-15)14-11-18-19(12-14)16-5-3-1-2-4-6-16/h7-12,16H,1-6H2. The van der Waals surface area contributed by atoms with Gasteiger partial charge in [-0.25, -0.2) is 0 Å². The van der Waals surface area contributed by atoms with Gasteiger partial charge in [-0.15, -0.1) is 0 Å². The molecule has 0 amide bonds. The molecular weight excluding hydrogens is 300 g/mol. The van der Waals surface area contributed by atoms with Crippen molar-refractivity contribution in [3.63, 3.8) is 0 Å². The van der Waals surface area contributed by atoms with Crippen molar-refractivity contribution in [1.29, 1.82) is 0 Å². The molecule has 0 atom stereocenters. The van der Waals surface area contributed by atoms with Crippen molar-refractivity contribution in [2.24, 2.45) is 0 Å². The highest BCUT2D eigenvalue weighted by Crippen LogP contribution is 2.28. The summed E-state index contributed by atoms with van der Waals surface area (Å²) in [5, 5.41) is 4.59. The minimum absolute atomic E-state index is 0.603. The Morgan fingerprint density at radius 1 is 0.947 bits per heavy atom. The highest BCUT2D eigenvalue weighted by molar-refractivity contribution is 9.10. The van der Waals surface area contributed by atoms with Crippen LogP contribution in [0.1, 0.15) is 44.6 Å². The molecule has 100 valence electrons. The molecule has 1 saturated carbocycles. The summed E-state index contributed by atoms with van der Waals surface area (Å²) in [7, 11) is 0. The molecule has 3 rings (SSSR count). The van der Waals surface area contributed by atoms with Crippen molar-refractivity contribution in [3.8, 4) is 11.1 Å². The van der Waals surface area contributed by atoms with Gasteiger partial charge in [0, 0.05) is 16.2 Å². The number of benzene rings is 1. The maximum atomic E-state index is 4.59. The van der Waals surface area contributed by atoms with E-state index in [0.717, 1.165) is 4.47 Å². The van der Waals surface area contributed by atoms with Crippen LogP contribution >= 0.6 is 15.9 Å². The van der Waals surface area contributed by atoms with Crippen LogP contribution in [0, 0.1) is 0 Å². The van der Waals surface area contributed by atoms with Gasteiger partial charge in [0.25, 0.3) is 0 Å². The van der Waals surface area contributed by atoms with Crippen LogP contribution in [-0.4, -0.2) is 9.78 Å². The second-order valence-corrected chi connectivity index (χ2v) is 6.28. The second kappa shape index (κ2) is 5.91. The molecular formula is C16H19BrN2. The first kappa shape index (κ1) is 12.9. The van der Waals surface area contributed by atoms with Crippen LogP contribution in [0.5, 0.6) is 0 Å². The van der Waals surface area contributed by atoms with Crippen LogP contribution in [0.25, 0.3) is 11.1 Å². The predicted octanol–water partition coefficient (Wildman–Crippen LogP) is 5.21. The molecule has 1 aliphatic rings. The third-order valence-electron chi connectivity index (χ3n) is 3.98. The smallest absolute Gasteiger partial charge is 0.0568 e. The molecule has 0 N–H and O–H groups in total. The molecule has 0 saturated heterocycles. The molecule has 0 radical (unpaired) electrons. The molecule has 1 aromatic heterocycles. The van der Waals surface area contributed by atoms with Gasteiger partial charge in [0.15, 0.2) is 0 Å². The average molecular weight is 319 g/mol. The molecule has 19 heavy (non-hydrogen) atoms. The molecule has 2 nitrogen and oxygen atoms in total. The maximum absolute atomic E-state index is 4.59. The van der Waals surface area contributed by atoms with Crippen molar-refractivity contribution >= 4 is 15.9 Å². The molecule has 0 bridgehead atoms. The Hall–Kier alpha value is -1.09. The van der Waals surface area contributed by atoms with E-state index in [1.807, 2.05) is 6.20 Å². The lowest BCUT2D eigenvalue weighted by atomic mass is 10.1. The van der Waals surface area contributed by atoms with E-state index < -0.39 is 0 Å². The highest BCUT2D eigenvalue weighted by Gasteiger charge is 2.15. The van der Waals surface area contributed by atoms with E-state index in [1.54, 1.807) is 0 Å². The monoisotopic (exact) mass is 318 g/mol. The fourth-order valence-electron chi connectivity index (χ4n) is 2.85. The predicted molar refractivity (Wildman–Crippen MR) is 82.1 cm³/mol. The molecule has 1 fully saturated rings. The minimum atomic E-state index is 0.603. The van der Waals surface area contributed by atoms with Crippen LogP contribution < -0.4 is 0 Å². The third-order valence-corrected chi connectivity index (χ3v) is 4.51. The van der Waals surface area contributed by atoms with Crippen molar-refractivity contribution in [1.82, 2.24) is 9.78 Å². The van der Waals surface area contributed by atoms with Gasteiger partial charge < -0.3 is 0 Å².